The number of nitrogens with zero attached hydrogens (tertiary/aromatic N) is 4. The van der Waals surface area contributed by atoms with E-state index in [9.17, 15) is 0 Å². The smallest absolute Gasteiger partial charge is 0.178 e. The molecule has 2 heterocycles. The average molecular weight is 345 g/mol. The van der Waals surface area contributed by atoms with Crippen LogP contribution in [-0.4, -0.2) is 20.0 Å². The minimum absolute atomic E-state index is 0.0293. The fourth-order valence-corrected chi connectivity index (χ4v) is 3.68. The Morgan fingerprint density at radius 2 is 1.48 bits per heavy atom. The Hall–Kier alpha value is -1.45. The third-order valence-electron chi connectivity index (χ3n) is 5.36. The lowest BCUT2D eigenvalue weighted by Crippen LogP contribution is -2.31. The first kappa shape index (κ1) is 19.9. The van der Waals surface area contributed by atoms with Gasteiger partial charge in [-0.05, 0) is 31.9 Å². The van der Waals surface area contributed by atoms with E-state index in [-0.39, 0.29) is 5.54 Å². The molecular formula is C21H36N4. The Morgan fingerprint density at radius 3 is 2.08 bits per heavy atom. The first-order valence-corrected chi connectivity index (χ1v) is 10.4. The molecule has 2 aromatic rings. The summed E-state index contributed by atoms with van der Waals surface area (Å²) in [6.07, 6.45) is 17.3. The predicted molar refractivity (Wildman–Crippen MR) is 106 cm³/mol. The van der Waals surface area contributed by atoms with Crippen LogP contribution in [0.1, 0.15) is 97.8 Å². The third-order valence-corrected chi connectivity index (χ3v) is 5.36. The van der Waals surface area contributed by atoms with Crippen molar-refractivity contribution in [3.05, 3.63) is 18.3 Å². The number of fused-ring (bicyclic) bond motifs is 1. The SMILES string of the molecule is CCCCCCCC(C)(CCCCCCC)n1nnc2cccnc21. The van der Waals surface area contributed by atoms with Gasteiger partial charge in [0.25, 0.3) is 0 Å². The van der Waals surface area contributed by atoms with E-state index in [4.69, 9.17) is 0 Å². The van der Waals surface area contributed by atoms with E-state index >= 15 is 0 Å². The summed E-state index contributed by atoms with van der Waals surface area (Å²) >= 11 is 0. The molecule has 2 rings (SSSR count). The van der Waals surface area contributed by atoms with Crippen molar-refractivity contribution in [2.24, 2.45) is 0 Å². The molecule has 2 aromatic heterocycles. The molecule has 0 aromatic carbocycles. The number of aromatic nitrogens is 4. The highest BCUT2D eigenvalue weighted by molar-refractivity contribution is 5.69. The summed E-state index contributed by atoms with van der Waals surface area (Å²) in [5.41, 5.74) is 1.87. The molecule has 0 N–H and O–H groups in total. The summed E-state index contributed by atoms with van der Waals surface area (Å²) in [6, 6.07) is 3.95. The molecule has 0 saturated heterocycles. The maximum atomic E-state index is 4.56. The Balaban J connectivity index is 2.05. The summed E-state index contributed by atoms with van der Waals surface area (Å²) in [7, 11) is 0. The molecule has 0 bridgehead atoms. The molecule has 0 spiro atoms. The van der Waals surface area contributed by atoms with Crippen LogP contribution in [0.2, 0.25) is 0 Å². The van der Waals surface area contributed by atoms with Gasteiger partial charge in [0.15, 0.2) is 5.65 Å². The van der Waals surface area contributed by atoms with Gasteiger partial charge in [0.2, 0.25) is 0 Å². The van der Waals surface area contributed by atoms with E-state index in [0.717, 1.165) is 11.2 Å². The van der Waals surface area contributed by atoms with Crippen LogP contribution in [0.5, 0.6) is 0 Å². The Kier molecular flexibility index (Phi) is 8.36. The molecule has 0 aliphatic heterocycles. The zero-order valence-electron chi connectivity index (χ0n) is 16.5. The van der Waals surface area contributed by atoms with E-state index in [1.165, 1.54) is 77.0 Å². The van der Waals surface area contributed by atoms with E-state index in [2.05, 4.69) is 40.7 Å². The van der Waals surface area contributed by atoms with Gasteiger partial charge in [0.1, 0.15) is 5.52 Å². The first-order valence-electron chi connectivity index (χ1n) is 10.4. The van der Waals surface area contributed by atoms with Crippen LogP contribution in [0, 0.1) is 0 Å². The molecule has 25 heavy (non-hydrogen) atoms. The van der Waals surface area contributed by atoms with Crippen LogP contribution in [0.4, 0.5) is 0 Å². The summed E-state index contributed by atoms with van der Waals surface area (Å²) in [5.74, 6) is 0. The molecule has 0 fully saturated rings. The lowest BCUT2D eigenvalue weighted by molar-refractivity contribution is 0.229. The fourth-order valence-electron chi connectivity index (χ4n) is 3.68. The van der Waals surface area contributed by atoms with Gasteiger partial charge < -0.3 is 0 Å². The second kappa shape index (κ2) is 10.5. The molecular weight excluding hydrogens is 308 g/mol. The number of rotatable bonds is 13. The molecule has 0 amide bonds. The number of unbranched alkanes of at least 4 members (excludes halogenated alkanes) is 8. The molecule has 0 atom stereocenters. The van der Waals surface area contributed by atoms with Crippen molar-refractivity contribution in [3.63, 3.8) is 0 Å². The maximum Gasteiger partial charge on any atom is 0.178 e. The van der Waals surface area contributed by atoms with Crippen molar-refractivity contribution in [2.75, 3.05) is 0 Å². The molecule has 0 aliphatic carbocycles. The minimum atomic E-state index is 0.0293. The van der Waals surface area contributed by atoms with E-state index in [1.807, 2.05) is 18.3 Å². The van der Waals surface area contributed by atoms with E-state index < -0.39 is 0 Å². The highest BCUT2D eigenvalue weighted by Crippen LogP contribution is 2.31. The zero-order valence-corrected chi connectivity index (χ0v) is 16.5. The number of hydrogen-bond donors (Lipinski definition) is 0. The van der Waals surface area contributed by atoms with Crippen molar-refractivity contribution in [3.8, 4) is 0 Å². The predicted octanol–water partition coefficient (Wildman–Crippen LogP) is 6.26. The zero-order chi connectivity index (χ0) is 18.0. The molecule has 0 saturated carbocycles. The van der Waals surface area contributed by atoms with Crippen molar-refractivity contribution in [1.82, 2.24) is 20.0 Å². The van der Waals surface area contributed by atoms with E-state index in [1.54, 1.807) is 0 Å². The van der Waals surface area contributed by atoms with Crippen LogP contribution in [0.3, 0.4) is 0 Å². The lowest BCUT2D eigenvalue weighted by atomic mass is 9.88. The average Bonchev–Trinajstić information content (AvgIpc) is 3.06. The largest absolute Gasteiger partial charge is 0.235 e. The van der Waals surface area contributed by atoms with Crippen LogP contribution >= 0.6 is 0 Å². The van der Waals surface area contributed by atoms with Gasteiger partial charge in [-0.2, -0.15) is 0 Å². The fraction of sp³-hybridized carbons (Fsp3) is 0.762. The highest BCUT2D eigenvalue weighted by atomic mass is 15.5. The normalized spacial score (nSPS) is 12.1. The summed E-state index contributed by atoms with van der Waals surface area (Å²) in [5, 5.41) is 8.85. The van der Waals surface area contributed by atoms with Crippen LogP contribution in [-0.2, 0) is 5.54 Å². The molecule has 0 radical (unpaired) electrons. The van der Waals surface area contributed by atoms with Gasteiger partial charge in [-0.3, -0.25) is 0 Å². The highest BCUT2D eigenvalue weighted by Gasteiger charge is 2.29. The monoisotopic (exact) mass is 344 g/mol. The third kappa shape index (κ3) is 5.79. The van der Waals surface area contributed by atoms with Gasteiger partial charge in [0.05, 0.1) is 5.54 Å². The summed E-state index contributed by atoms with van der Waals surface area (Å²) < 4.78 is 2.11. The van der Waals surface area contributed by atoms with Gasteiger partial charge >= 0.3 is 0 Å². The topological polar surface area (TPSA) is 43.6 Å². The Morgan fingerprint density at radius 1 is 0.880 bits per heavy atom. The first-order chi connectivity index (χ1) is 12.2. The second-order valence-corrected chi connectivity index (χ2v) is 7.67. The van der Waals surface area contributed by atoms with Crippen LogP contribution < -0.4 is 0 Å². The maximum absolute atomic E-state index is 4.56. The number of pyridine rings is 1. The summed E-state index contributed by atoms with van der Waals surface area (Å²) in [4.78, 5) is 4.56. The van der Waals surface area contributed by atoms with Crippen molar-refractivity contribution >= 4 is 11.2 Å². The van der Waals surface area contributed by atoms with Gasteiger partial charge in [-0.15, -0.1) is 5.10 Å². The molecule has 0 aliphatic rings. The van der Waals surface area contributed by atoms with Crippen molar-refractivity contribution in [2.45, 2.75) is 103 Å². The minimum Gasteiger partial charge on any atom is -0.235 e. The number of hydrogen-bond acceptors (Lipinski definition) is 3. The van der Waals surface area contributed by atoms with Crippen molar-refractivity contribution in [1.29, 1.82) is 0 Å². The lowest BCUT2D eigenvalue weighted by Gasteiger charge is -2.30. The van der Waals surface area contributed by atoms with Gasteiger partial charge in [0, 0.05) is 6.20 Å². The van der Waals surface area contributed by atoms with Gasteiger partial charge in [-0.25, -0.2) is 9.67 Å². The standard InChI is InChI=1S/C21H36N4/c1-4-6-8-10-12-16-21(3,17-13-11-9-7-5-2)25-20-19(23-24-25)15-14-18-22-20/h14-15,18H,4-13,16-17H2,1-3H3. The van der Waals surface area contributed by atoms with Crippen LogP contribution in [0.25, 0.3) is 11.2 Å². The quantitative estimate of drug-likeness (QED) is 0.403. The molecule has 4 nitrogen and oxygen atoms in total. The van der Waals surface area contributed by atoms with Crippen molar-refractivity contribution < 1.29 is 0 Å². The summed E-state index contributed by atoms with van der Waals surface area (Å²) in [6.45, 7) is 6.90. The van der Waals surface area contributed by atoms with Crippen LogP contribution in [0.15, 0.2) is 18.3 Å². The Bertz CT molecular complexity index is 591. The molecule has 140 valence electrons. The second-order valence-electron chi connectivity index (χ2n) is 7.67. The molecule has 0 unspecified atom stereocenters. The van der Waals surface area contributed by atoms with E-state index in [0.29, 0.717) is 0 Å². The molecule has 4 heteroatoms. The van der Waals surface area contributed by atoms with Gasteiger partial charge in [-0.1, -0.05) is 83.3 Å². The Labute approximate surface area is 153 Å².